The number of piperidine rings is 1. The predicted octanol–water partition coefficient (Wildman–Crippen LogP) is 5.09. The first-order valence-electron chi connectivity index (χ1n) is 21.5. The minimum atomic E-state index is -1.03. The summed E-state index contributed by atoms with van der Waals surface area (Å²) < 4.78 is 11.3. The third-order valence-corrected chi connectivity index (χ3v) is 12.2. The lowest BCUT2D eigenvalue weighted by Crippen LogP contribution is -2.54. The van der Waals surface area contributed by atoms with Crippen molar-refractivity contribution in [1.82, 2.24) is 30.0 Å². The fourth-order valence-electron chi connectivity index (χ4n) is 7.87. The van der Waals surface area contributed by atoms with Crippen molar-refractivity contribution in [3.05, 3.63) is 118 Å². The Morgan fingerprint density at radius 3 is 2.45 bits per heavy atom. The number of carbonyl (C=O) groups excluding carboxylic acids is 6. The molecule has 0 bridgehead atoms. The fraction of sp³-hybridized carbons (Fsp3) is 0.319. The van der Waals surface area contributed by atoms with Crippen molar-refractivity contribution in [3.63, 3.8) is 0 Å². The second kappa shape index (κ2) is 20.8. The van der Waals surface area contributed by atoms with Crippen LogP contribution in [0, 0.1) is 6.92 Å². The molecular weight excluding hydrogens is 851 g/mol. The maximum Gasteiger partial charge on any atom is 0.264 e. The number of imide groups is 2. The van der Waals surface area contributed by atoms with Crippen molar-refractivity contribution in [1.29, 1.82) is 0 Å². The van der Waals surface area contributed by atoms with Crippen LogP contribution >= 0.6 is 11.3 Å². The number of benzene rings is 3. The van der Waals surface area contributed by atoms with E-state index in [1.165, 1.54) is 11.3 Å². The van der Waals surface area contributed by atoms with Gasteiger partial charge in [-0.05, 0) is 73.0 Å². The smallest absolute Gasteiger partial charge is 0.264 e. The van der Waals surface area contributed by atoms with E-state index in [1.54, 1.807) is 30.6 Å². The Balaban J connectivity index is 0.692. The standard InChI is InChI=1S/C47H49N9O8S/c1-30-7-12-34(26-37(30)51-47-52-38(29-65-47)33-4-3-16-48-27-33)50-43(59)32-10-8-31(9-11-32)28-54-18-20-55(21-19-54)41(58)15-22-63-24-25-64-23-17-49-36-6-2-5-35-42(36)46(62)56(45(35)61)39-13-14-40(57)53-44(39)60/h2-12,16,26-27,29,39,49H,13-15,17-25,28H2,1H3,(H,50,59)(H,51,52)(H,53,57,60). The molecule has 3 aliphatic rings. The minimum Gasteiger partial charge on any atom is -0.382 e. The molecule has 65 heavy (non-hydrogen) atoms. The van der Waals surface area contributed by atoms with Crippen LogP contribution in [0.1, 0.15) is 61.5 Å². The van der Waals surface area contributed by atoms with Gasteiger partial charge in [0.25, 0.3) is 17.7 Å². The molecule has 0 aliphatic carbocycles. The predicted molar refractivity (Wildman–Crippen MR) is 244 cm³/mol. The average molecular weight is 900 g/mol. The lowest BCUT2D eigenvalue weighted by atomic mass is 10.0. The van der Waals surface area contributed by atoms with Crippen molar-refractivity contribution in [2.45, 2.75) is 38.8 Å². The highest BCUT2D eigenvalue weighted by Gasteiger charge is 2.45. The second-order valence-corrected chi connectivity index (χ2v) is 16.7. The van der Waals surface area contributed by atoms with Gasteiger partial charge in [0, 0.05) is 91.7 Å². The second-order valence-electron chi connectivity index (χ2n) is 15.8. The topological polar surface area (TPSA) is 204 Å². The van der Waals surface area contributed by atoms with Crippen LogP contribution in [-0.4, -0.2) is 125 Å². The van der Waals surface area contributed by atoms with E-state index in [9.17, 15) is 28.8 Å². The van der Waals surface area contributed by atoms with Gasteiger partial charge in [0.1, 0.15) is 6.04 Å². The minimum absolute atomic E-state index is 0.0411. The summed E-state index contributed by atoms with van der Waals surface area (Å²) in [6, 6.07) is 21.1. The summed E-state index contributed by atoms with van der Waals surface area (Å²) in [5.41, 5.74) is 6.82. The highest BCUT2D eigenvalue weighted by atomic mass is 32.1. The molecule has 4 N–H and O–H groups in total. The van der Waals surface area contributed by atoms with Crippen molar-refractivity contribution in [2.75, 3.05) is 75.1 Å². The van der Waals surface area contributed by atoms with Gasteiger partial charge in [-0.1, -0.05) is 24.3 Å². The largest absolute Gasteiger partial charge is 0.382 e. The Morgan fingerprint density at radius 1 is 0.877 bits per heavy atom. The normalized spacial score (nSPS) is 16.4. The molecule has 18 heteroatoms. The van der Waals surface area contributed by atoms with Gasteiger partial charge in [0.2, 0.25) is 17.7 Å². The molecule has 0 saturated carbocycles. The quantitative estimate of drug-likeness (QED) is 0.0670. The highest BCUT2D eigenvalue weighted by Crippen LogP contribution is 2.33. The molecular formula is C47H49N9O8S. The van der Waals surface area contributed by atoms with Crippen LogP contribution in [0.15, 0.2) is 90.6 Å². The van der Waals surface area contributed by atoms with Crippen molar-refractivity contribution >= 4 is 69.0 Å². The van der Waals surface area contributed by atoms with Gasteiger partial charge in [0.15, 0.2) is 5.13 Å². The zero-order valence-electron chi connectivity index (χ0n) is 35.8. The third kappa shape index (κ3) is 10.9. The van der Waals surface area contributed by atoms with Gasteiger partial charge in [-0.3, -0.25) is 48.9 Å². The van der Waals surface area contributed by atoms with E-state index in [0.717, 1.165) is 51.2 Å². The molecule has 17 nitrogen and oxygen atoms in total. The van der Waals surface area contributed by atoms with Gasteiger partial charge in [-0.2, -0.15) is 0 Å². The zero-order chi connectivity index (χ0) is 45.3. The number of anilines is 4. The molecule has 2 saturated heterocycles. The van der Waals surface area contributed by atoms with Crippen LogP contribution in [0.5, 0.6) is 0 Å². The van der Waals surface area contributed by atoms with E-state index in [2.05, 4.69) is 31.2 Å². The Hall–Kier alpha value is -6.86. The van der Waals surface area contributed by atoms with Crippen LogP contribution in [0.25, 0.3) is 11.3 Å². The number of amides is 6. The monoisotopic (exact) mass is 899 g/mol. The van der Waals surface area contributed by atoms with Crippen molar-refractivity contribution in [3.8, 4) is 11.3 Å². The Kier molecular flexibility index (Phi) is 14.3. The Morgan fingerprint density at radius 2 is 1.68 bits per heavy atom. The lowest BCUT2D eigenvalue weighted by molar-refractivity contribution is -0.136. The number of aryl methyl sites for hydroxylation is 1. The van der Waals surface area contributed by atoms with Crippen LogP contribution in [0.3, 0.4) is 0 Å². The number of hydrogen-bond acceptors (Lipinski definition) is 14. The summed E-state index contributed by atoms with van der Waals surface area (Å²) in [6.07, 6.45) is 3.93. The van der Waals surface area contributed by atoms with Crippen LogP contribution < -0.4 is 21.3 Å². The van der Waals surface area contributed by atoms with E-state index in [1.807, 2.05) is 71.8 Å². The number of nitrogens with zero attached hydrogens (tertiary/aromatic N) is 5. The molecule has 2 fully saturated rings. The molecule has 3 aliphatic heterocycles. The molecule has 336 valence electrons. The Labute approximate surface area is 379 Å². The molecule has 0 radical (unpaired) electrons. The maximum atomic E-state index is 13.3. The summed E-state index contributed by atoms with van der Waals surface area (Å²) >= 11 is 1.50. The van der Waals surface area contributed by atoms with E-state index < -0.39 is 29.7 Å². The SMILES string of the molecule is Cc1ccc(NC(=O)c2ccc(CN3CCN(C(=O)CCOCCOCCNc4cccc5c4C(=O)N(C4CCC(=O)NC4=O)C5=O)CC3)cc2)cc1Nc1nc(-c2cccnc2)cs1. The van der Waals surface area contributed by atoms with Gasteiger partial charge in [0.05, 0.1) is 49.7 Å². The van der Waals surface area contributed by atoms with Crippen LogP contribution in [0.4, 0.5) is 22.2 Å². The molecule has 1 atom stereocenters. The van der Waals surface area contributed by atoms with Crippen LogP contribution in [0.2, 0.25) is 0 Å². The average Bonchev–Trinajstić information content (AvgIpc) is 3.89. The molecule has 1 unspecified atom stereocenters. The van der Waals surface area contributed by atoms with Crippen LogP contribution in [-0.2, 0) is 30.4 Å². The molecule has 3 aromatic carbocycles. The highest BCUT2D eigenvalue weighted by molar-refractivity contribution is 7.14. The van der Waals surface area contributed by atoms with Crippen molar-refractivity contribution < 1.29 is 38.2 Å². The number of hydrogen-bond donors (Lipinski definition) is 4. The molecule has 5 aromatic rings. The molecule has 5 heterocycles. The molecule has 0 spiro atoms. The fourth-order valence-corrected chi connectivity index (χ4v) is 8.60. The van der Waals surface area contributed by atoms with Gasteiger partial charge < -0.3 is 30.3 Å². The number of nitrogens with one attached hydrogen (secondary N) is 4. The summed E-state index contributed by atoms with van der Waals surface area (Å²) in [5.74, 6) is -2.38. The first-order chi connectivity index (χ1) is 31.6. The van der Waals surface area contributed by atoms with E-state index in [0.29, 0.717) is 62.9 Å². The van der Waals surface area contributed by atoms with E-state index in [4.69, 9.17) is 14.5 Å². The molecule has 2 aromatic heterocycles. The number of fused-ring (bicyclic) bond motifs is 1. The number of ether oxygens (including phenoxy) is 2. The first-order valence-corrected chi connectivity index (χ1v) is 22.4. The maximum absolute atomic E-state index is 13.3. The zero-order valence-corrected chi connectivity index (χ0v) is 36.7. The van der Waals surface area contributed by atoms with Gasteiger partial charge in [-0.25, -0.2) is 4.98 Å². The molecule has 8 rings (SSSR count). The summed E-state index contributed by atoms with van der Waals surface area (Å²) in [5, 5.41) is 14.5. The summed E-state index contributed by atoms with van der Waals surface area (Å²) in [6.45, 7) is 6.97. The number of aromatic nitrogens is 2. The number of rotatable bonds is 18. The van der Waals surface area contributed by atoms with Gasteiger partial charge in [-0.15, -0.1) is 11.3 Å². The third-order valence-electron chi connectivity index (χ3n) is 11.4. The van der Waals surface area contributed by atoms with Crippen molar-refractivity contribution in [2.24, 2.45) is 0 Å². The number of pyridine rings is 1. The lowest BCUT2D eigenvalue weighted by Gasteiger charge is -2.34. The van der Waals surface area contributed by atoms with Gasteiger partial charge >= 0.3 is 0 Å². The summed E-state index contributed by atoms with van der Waals surface area (Å²) in [7, 11) is 0. The van der Waals surface area contributed by atoms with E-state index in [-0.39, 0.29) is 48.8 Å². The summed E-state index contributed by atoms with van der Waals surface area (Å²) in [4.78, 5) is 90.3. The first kappa shape index (κ1) is 44.7. The number of piperazine rings is 1. The molecule has 6 amide bonds. The Bertz CT molecular complexity index is 2560. The number of carbonyl (C=O) groups is 6. The number of thiazole rings is 1. The van der Waals surface area contributed by atoms with E-state index >= 15 is 0 Å².